The molecule has 4 aromatic rings. The molecule has 0 aliphatic rings. The van der Waals surface area contributed by atoms with Crippen molar-refractivity contribution in [3.8, 4) is 11.5 Å². The average molecular weight is 308 g/mol. The van der Waals surface area contributed by atoms with Crippen LogP contribution in [0.2, 0.25) is 5.02 Å². The number of aromatic amines is 1. The highest BCUT2D eigenvalue weighted by Gasteiger charge is 2.14. The van der Waals surface area contributed by atoms with E-state index in [2.05, 4.69) is 21.7 Å². The maximum atomic E-state index is 6.33. The quantitative estimate of drug-likeness (QED) is 0.583. The van der Waals surface area contributed by atoms with Crippen LogP contribution >= 0.6 is 11.6 Å². The molecule has 0 amide bonds. The van der Waals surface area contributed by atoms with Gasteiger partial charge in [0, 0.05) is 11.2 Å². The molecule has 1 N–H and O–H groups in total. The fourth-order valence-electron chi connectivity index (χ4n) is 2.71. The van der Waals surface area contributed by atoms with E-state index in [0.29, 0.717) is 6.54 Å². The highest BCUT2D eigenvalue weighted by molar-refractivity contribution is 6.31. The second kappa shape index (κ2) is 5.35. The van der Waals surface area contributed by atoms with Gasteiger partial charge in [0.25, 0.3) is 0 Å². The Balaban J connectivity index is 1.91. The summed E-state index contributed by atoms with van der Waals surface area (Å²) in [4.78, 5) is 8.01. The summed E-state index contributed by atoms with van der Waals surface area (Å²) in [6, 6.07) is 20.1. The first kappa shape index (κ1) is 13.2. The molecular formula is C18H14ClN3. The van der Waals surface area contributed by atoms with Gasteiger partial charge in [-0.1, -0.05) is 41.9 Å². The van der Waals surface area contributed by atoms with Crippen molar-refractivity contribution in [2.24, 2.45) is 0 Å². The number of aromatic nitrogens is 3. The van der Waals surface area contributed by atoms with Crippen LogP contribution in [0.15, 0.2) is 66.9 Å². The van der Waals surface area contributed by atoms with E-state index < -0.39 is 0 Å². The highest BCUT2D eigenvalue weighted by atomic mass is 35.5. The van der Waals surface area contributed by atoms with Gasteiger partial charge in [-0.15, -0.1) is 0 Å². The second-order valence-corrected chi connectivity index (χ2v) is 5.59. The number of nitrogens with zero attached hydrogens (tertiary/aromatic N) is 2. The van der Waals surface area contributed by atoms with E-state index in [4.69, 9.17) is 16.6 Å². The van der Waals surface area contributed by atoms with E-state index in [-0.39, 0.29) is 0 Å². The molecule has 0 spiro atoms. The largest absolute Gasteiger partial charge is 0.359 e. The third kappa shape index (κ3) is 2.20. The third-order valence-corrected chi connectivity index (χ3v) is 4.15. The van der Waals surface area contributed by atoms with E-state index in [1.54, 1.807) is 0 Å². The van der Waals surface area contributed by atoms with Crippen molar-refractivity contribution < 1.29 is 0 Å². The van der Waals surface area contributed by atoms with Crippen molar-refractivity contribution in [1.82, 2.24) is 14.5 Å². The molecule has 4 rings (SSSR count). The van der Waals surface area contributed by atoms with Gasteiger partial charge in [-0.2, -0.15) is 0 Å². The molecule has 2 aromatic heterocycles. The molecule has 0 fully saturated rings. The molecule has 22 heavy (non-hydrogen) atoms. The number of halogens is 1. The maximum Gasteiger partial charge on any atom is 0.157 e. The Morgan fingerprint density at radius 1 is 0.955 bits per heavy atom. The van der Waals surface area contributed by atoms with Gasteiger partial charge >= 0.3 is 0 Å². The fourth-order valence-corrected chi connectivity index (χ4v) is 2.90. The van der Waals surface area contributed by atoms with Crippen molar-refractivity contribution in [2.75, 3.05) is 0 Å². The predicted molar refractivity (Wildman–Crippen MR) is 90.1 cm³/mol. The van der Waals surface area contributed by atoms with Gasteiger partial charge in [0.1, 0.15) is 0 Å². The molecule has 0 saturated carbocycles. The molecule has 0 aliphatic heterocycles. The van der Waals surface area contributed by atoms with Gasteiger partial charge in [0.2, 0.25) is 0 Å². The van der Waals surface area contributed by atoms with Crippen molar-refractivity contribution in [1.29, 1.82) is 0 Å². The summed E-state index contributed by atoms with van der Waals surface area (Å²) in [6.45, 7) is 0.689. The Kier molecular flexibility index (Phi) is 3.20. The summed E-state index contributed by atoms with van der Waals surface area (Å²) in [7, 11) is 0. The predicted octanol–water partition coefficient (Wildman–Crippen LogP) is 4.73. The summed E-state index contributed by atoms with van der Waals surface area (Å²) in [5.74, 6) is 0.922. The second-order valence-electron chi connectivity index (χ2n) is 5.19. The summed E-state index contributed by atoms with van der Waals surface area (Å²) >= 11 is 6.33. The molecule has 0 bridgehead atoms. The number of hydrogen-bond donors (Lipinski definition) is 1. The normalized spacial score (nSPS) is 11.1. The number of nitrogens with one attached hydrogen (secondary N) is 1. The van der Waals surface area contributed by atoms with Crippen molar-refractivity contribution in [2.45, 2.75) is 6.54 Å². The van der Waals surface area contributed by atoms with Gasteiger partial charge in [-0.05, 0) is 35.9 Å². The minimum atomic E-state index is 0.689. The van der Waals surface area contributed by atoms with E-state index in [0.717, 1.165) is 33.1 Å². The van der Waals surface area contributed by atoms with Gasteiger partial charge < -0.3 is 9.55 Å². The van der Waals surface area contributed by atoms with Gasteiger partial charge in [0.05, 0.1) is 23.3 Å². The summed E-state index contributed by atoms with van der Waals surface area (Å²) < 4.78 is 2.20. The first-order chi connectivity index (χ1) is 10.8. The van der Waals surface area contributed by atoms with E-state index in [9.17, 15) is 0 Å². The van der Waals surface area contributed by atoms with Gasteiger partial charge in [-0.3, -0.25) is 0 Å². The van der Waals surface area contributed by atoms with Crippen LogP contribution in [0.5, 0.6) is 0 Å². The molecule has 4 heteroatoms. The van der Waals surface area contributed by atoms with Gasteiger partial charge in [0.15, 0.2) is 5.82 Å². The van der Waals surface area contributed by atoms with E-state index >= 15 is 0 Å². The lowest BCUT2D eigenvalue weighted by atomic mass is 10.2. The summed E-state index contributed by atoms with van der Waals surface area (Å²) in [5, 5.41) is 0.776. The first-order valence-electron chi connectivity index (χ1n) is 7.15. The lowest BCUT2D eigenvalue weighted by Crippen LogP contribution is -2.03. The van der Waals surface area contributed by atoms with E-state index in [1.165, 1.54) is 0 Å². The molecule has 0 unspecified atom stereocenters. The van der Waals surface area contributed by atoms with Crippen molar-refractivity contribution in [3.63, 3.8) is 0 Å². The van der Waals surface area contributed by atoms with Crippen molar-refractivity contribution >= 4 is 22.6 Å². The molecule has 0 aliphatic carbocycles. The molecular weight excluding hydrogens is 294 g/mol. The standard InChI is InChI=1S/C18H14ClN3/c19-14-7-2-1-6-13(14)12-22-17-10-4-3-8-15(17)21-18(22)16-9-5-11-20-16/h1-11,20H,12H2. The number of para-hydroxylation sites is 2. The molecule has 0 radical (unpaired) electrons. The number of benzene rings is 2. The van der Waals surface area contributed by atoms with Crippen LogP contribution in [0.3, 0.4) is 0 Å². The van der Waals surface area contributed by atoms with Crippen LogP contribution in [-0.2, 0) is 6.54 Å². The zero-order valence-electron chi connectivity index (χ0n) is 11.8. The number of rotatable bonds is 3. The molecule has 108 valence electrons. The number of fused-ring (bicyclic) bond motifs is 1. The zero-order valence-corrected chi connectivity index (χ0v) is 12.6. The zero-order chi connectivity index (χ0) is 14.9. The Bertz CT molecular complexity index is 923. The maximum absolute atomic E-state index is 6.33. The number of H-pyrrole nitrogens is 1. The monoisotopic (exact) mass is 307 g/mol. The topological polar surface area (TPSA) is 33.6 Å². The number of imidazole rings is 1. The Labute approximate surface area is 133 Å². The summed E-state index contributed by atoms with van der Waals surface area (Å²) in [5.41, 5.74) is 4.18. The van der Waals surface area contributed by atoms with Crippen LogP contribution in [0, 0.1) is 0 Å². The average Bonchev–Trinajstić information content (AvgIpc) is 3.17. The van der Waals surface area contributed by atoms with Crippen LogP contribution in [-0.4, -0.2) is 14.5 Å². The van der Waals surface area contributed by atoms with Gasteiger partial charge in [-0.25, -0.2) is 4.98 Å². The van der Waals surface area contributed by atoms with Crippen LogP contribution < -0.4 is 0 Å². The Morgan fingerprint density at radius 2 is 1.77 bits per heavy atom. The number of hydrogen-bond acceptors (Lipinski definition) is 1. The Morgan fingerprint density at radius 3 is 2.59 bits per heavy atom. The lowest BCUT2D eigenvalue weighted by molar-refractivity contribution is 0.831. The fraction of sp³-hybridized carbons (Fsp3) is 0.0556. The minimum Gasteiger partial charge on any atom is -0.359 e. The lowest BCUT2D eigenvalue weighted by Gasteiger charge is -2.10. The SMILES string of the molecule is Clc1ccccc1Cn1c(-c2ccc[nH]2)nc2ccccc21. The minimum absolute atomic E-state index is 0.689. The molecule has 0 saturated heterocycles. The van der Waals surface area contributed by atoms with E-state index in [1.807, 2.05) is 54.7 Å². The van der Waals surface area contributed by atoms with Crippen molar-refractivity contribution in [3.05, 3.63) is 77.4 Å². The third-order valence-electron chi connectivity index (χ3n) is 3.78. The summed E-state index contributed by atoms with van der Waals surface area (Å²) in [6.07, 6.45) is 1.91. The van der Waals surface area contributed by atoms with Crippen LogP contribution in [0.4, 0.5) is 0 Å². The van der Waals surface area contributed by atoms with Crippen LogP contribution in [0.25, 0.3) is 22.6 Å². The highest BCUT2D eigenvalue weighted by Crippen LogP contribution is 2.26. The molecule has 3 nitrogen and oxygen atoms in total. The molecule has 2 heterocycles. The Hall–Kier alpha value is -2.52. The smallest absolute Gasteiger partial charge is 0.157 e. The first-order valence-corrected chi connectivity index (χ1v) is 7.53. The molecule has 2 aromatic carbocycles. The molecule has 0 atom stereocenters. The van der Waals surface area contributed by atoms with Crippen LogP contribution in [0.1, 0.15) is 5.56 Å².